The van der Waals surface area contributed by atoms with Crippen LogP contribution in [0.4, 0.5) is 0 Å². The summed E-state index contributed by atoms with van der Waals surface area (Å²) < 4.78 is 5.85. The topological polar surface area (TPSA) is 21.3 Å². The first-order valence-corrected chi connectivity index (χ1v) is 8.22. The smallest absolute Gasteiger partial charge is 0.120 e. The number of benzene rings is 1. The number of unbranched alkanes of at least 4 members (excludes halogenated alkanes) is 4. The Kier molecular flexibility index (Phi) is 9.14. The molecule has 0 aliphatic rings. The Balaban J connectivity index is 2.21. The minimum Gasteiger partial charge on any atom is -0.491 e. The van der Waals surface area contributed by atoms with Crippen LogP contribution < -0.4 is 10.1 Å². The lowest BCUT2D eigenvalue weighted by atomic mass is 10.1. The third kappa shape index (κ3) is 7.54. The summed E-state index contributed by atoms with van der Waals surface area (Å²) in [7, 11) is 0. The molecule has 0 bridgehead atoms. The summed E-state index contributed by atoms with van der Waals surface area (Å²) in [6, 6.07) is 8.43. The molecule has 0 aliphatic carbocycles. The molecule has 0 heterocycles. The summed E-state index contributed by atoms with van der Waals surface area (Å²) in [5.41, 5.74) is 1.30. The minimum atomic E-state index is 0.289. The molecule has 2 nitrogen and oxygen atoms in total. The Morgan fingerprint density at radius 3 is 2.65 bits per heavy atom. The first-order chi connectivity index (χ1) is 9.76. The summed E-state index contributed by atoms with van der Waals surface area (Å²) >= 11 is 0. The largest absolute Gasteiger partial charge is 0.491 e. The molecule has 0 spiro atoms. The van der Waals surface area contributed by atoms with Crippen molar-refractivity contribution < 1.29 is 4.74 Å². The molecule has 0 saturated carbocycles. The van der Waals surface area contributed by atoms with Gasteiger partial charge < -0.3 is 10.1 Å². The van der Waals surface area contributed by atoms with Crippen molar-refractivity contribution in [2.24, 2.45) is 0 Å². The number of hydrogen-bond donors (Lipinski definition) is 1. The third-order valence-electron chi connectivity index (χ3n) is 3.60. The molecule has 0 aromatic heterocycles. The van der Waals surface area contributed by atoms with Gasteiger partial charge in [0.2, 0.25) is 0 Å². The molecular formula is C18H31NO. The van der Waals surface area contributed by atoms with Gasteiger partial charge in [0.15, 0.2) is 0 Å². The van der Waals surface area contributed by atoms with E-state index in [1.54, 1.807) is 0 Å². The van der Waals surface area contributed by atoms with E-state index in [4.69, 9.17) is 4.74 Å². The Bertz CT molecular complexity index is 351. The van der Waals surface area contributed by atoms with Crippen LogP contribution in [-0.4, -0.2) is 12.6 Å². The average Bonchev–Trinajstić information content (AvgIpc) is 2.46. The summed E-state index contributed by atoms with van der Waals surface area (Å²) in [5.74, 6) is 0.988. The van der Waals surface area contributed by atoms with Gasteiger partial charge in [0.25, 0.3) is 0 Å². The van der Waals surface area contributed by atoms with Crippen molar-refractivity contribution in [2.45, 2.75) is 71.9 Å². The van der Waals surface area contributed by atoms with Crippen LogP contribution in [0.5, 0.6) is 5.75 Å². The van der Waals surface area contributed by atoms with Crippen LogP contribution in [0, 0.1) is 0 Å². The van der Waals surface area contributed by atoms with Gasteiger partial charge >= 0.3 is 0 Å². The predicted molar refractivity (Wildman–Crippen MR) is 87.3 cm³/mol. The molecule has 1 aromatic carbocycles. The van der Waals surface area contributed by atoms with Gasteiger partial charge in [0.05, 0.1) is 6.10 Å². The van der Waals surface area contributed by atoms with E-state index in [-0.39, 0.29) is 6.10 Å². The van der Waals surface area contributed by atoms with Gasteiger partial charge in [-0.25, -0.2) is 0 Å². The van der Waals surface area contributed by atoms with E-state index in [9.17, 15) is 0 Å². The number of hydrogen-bond acceptors (Lipinski definition) is 2. The first kappa shape index (κ1) is 17.0. The van der Waals surface area contributed by atoms with Crippen molar-refractivity contribution in [3.05, 3.63) is 29.8 Å². The SMILES string of the molecule is CCCCCCCNCc1cccc(OC(C)CC)c1. The van der Waals surface area contributed by atoms with E-state index in [1.807, 2.05) is 6.07 Å². The standard InChI is InChI=1S/C18H31NO/c1-4-6-7-8-9-13-19-15-17-11-10-12-18(14-17)20-16(3)5-2/h10-12,14,16,19H,4-9,13,15H2,1-3H3. The van der Waals surface area contributed by atoms with Crippen molar-refractivity contribution in [1.29, 1.82) is 0 Å². The highest BCUT2D eigenvalue weighted by molar-refractivity contribution is 5.28. The minimum absolute atomic E-state index is 0.289. The van der Waals surface area contributed by atoms with Crippen LogP contribution in [0.15, 0.2) is 24.3 Å². The van der Waals surface area contributed by atoms with E-state index >= 15 is 0 Å². The van der Waals surface area contributed by atoms with Crippen LogP contribution >= 0.6 is 0 Å². The molecule has 0 radical (unpaired) electrons. The van der Waals surface area contributed by atoms with Gasteiger partial charge in [-0.15, -0.1) is 0 Å². The van der Waals surface area contributed by atoms with Crippen molar-refractivity contribution in [1.82, 2.24) is 5.32 Å². The molecule has 1 rings (SSSR count). The first-order valence-electron chi connectivity index (χ1n) is 8.22. The molecule has 1 atom stereocenters. The molecule has 1 N–H and O–H groups in total. The summed E-state index contributed by atoms with van der Waals surface area (Å²) in [6.07, 6.45) is 8.01. The highest BCUT2D eigenvalue weighted by Crippen LogP contribution is 2.15. The van der Waals surface area contributed by atoms with Crippen LogP contribution in [-0.2, 0) is 6.54 Å². The third-order valence-corrected chi connectivity index (χ3v) is 3.60. The van der Waals surface area contributed by atoms with Crippen molar-refractivity contribution >= 4 is 0 Å². The van der Waals surface area contributed by atoms with Crippen molar-refractivity contribution in [3.8, 4) is 5.75 Å². The van der Waals surface area contributed by atoms with Crippen LogP contribution in [0.25, 0.3) is 0 Å². The quantitative estimate of drug-likeness (QED) is 0.579. The molecule has 0 aliphatic heterocycles. The van der Waals surface area contributed by atoms with E-state index in [1.165, 1.54) is 37.7 Å². The average molecular weight is 277 g/mol. The molecule has 0 saturated heterocycles. The lowest BCUT2D eigenvalue weighted by Gasteiger charge is -2.13. The lowest BCUT2D eigenvalue weighted by molar-refractivity contribution is 0.217. The van der Waals surface area contributed by atoms with Crippen molar-refractivity contribution in [2.75, 3.05) is 6.54 Å². The van der Waals surface area contributed by atoms with Gasteiger partial charge in [-0.05, 0) is 44.0 Å². The molecule has 2 heteroatoms. The Labute approximate surface area is 124 Å². The fraction of sp³-hybridized carbons (Fsp3) is 0.667. The molecule has 0 fully saturated rings. The molecular weight excluding hydrogens is 246 g/mol. The van der Waals surface area contributed by atoms with Gasteiger partial charge in [-0.1, -0.05) is 51.7 Å². The maximum absolute atomic E-state index is 5.85. The second-order valence-electron chi connectivity index (χ2n) is 5.58. The summed E-state index contributed by atoms with van der Waals surface area (Å²) in [5, 5.41) is 3.52. The monoisotopic (exact) mass is 277 g/mol. The normalized spacial score (nSPS) is 12.3. The van der Waals surface area contributed by atoms with Crippen molar-refractivity contribution in [3.63, 3.8) is 0 Å². The Hall–Kier alpha value is -1.02. The molecule has 20 heavy (non-hydrogen) atoms. The Morgan fingerprint density at radius 2 is 1.90 bits per heavy atom. The number of nitrogens with one attached hydrogen (secondary N) is 1. The molecule has 114 valence electrons. The zero-order valence-corrected chi connectivity index (χ0v) is 13.5. The second-order valence-corrected chi connectivity index (χ2v) is 5.58. The van der Waals surface area contributed by atoms with Gasteiger partial charge in [0, 0.05) is 6.54 Å². The van der Waals surface area contributed by atoms with Crippen LogP contribution in [0.3, 0.4) is 0 Å². The fourth-order valence-electron chi connectivity index (χ4n) is 2.13. The fourth-order valence-corrected chi connectivity index (χ4v) is 2.13. The maximum Gasteiger partial charge on any atom is 0.120 e. The Morgan fingerprint density at radius 1 is 1.10 bits per heavy atom. The van der Waals surface area contributed by atoms with Crippen LogP contribution in [0.2, 0.25) is 0 Å². The van der Waals surface area contributed by atoms with Gasteiger partial charge in [-0.3, -0.25) is 0 Å². The summed E-state index contributed by atoms with van der Waals surface area (Å²) in [6.45, 7) is 8.56. The van der Waals surface area contributed by atoms with Gasteiger partial charge in [0.1, 0.15) is 5.75 Å². The van der Waals surface area contributed by atoms with E-state index in [2.05, 4.69) is 44.3 Å². The van der Waals surface area contributed by atoms with E-state index in [0.717, 1.165) is 25.3 Å². The summed E-state index contributed by atoms with van der Waals surface area (Å²) in [4.78, 5) is 0. The zero-order chi connectivity index (χ0) is 14.6. The van der Waals surface area contributed by atoms with E-state index < -0.39 is 0 Å². The number of ether oxygens (including phenoxy) is 1. The zero-order valence-electron chi connectivity index (χ0n) is 13.5. The lowest BCUT2D eigenvalue weighted by Crippen LogP contribution is -2.15. The highest BCUT2D eigenvalue weighted by atomic mass is 16.5. The second kappa shape index (κ2) is 10.7. The number of rotatable bonds is 11. The highest BCUT2D eigenvalue weighted by Gasteiger charge is 2.01. The van der Waals surface area contributed by atoms with E-state index in [0.29, 0.717) is 0 Å². The molecule has 1 unspecified atom stereocenters. The van der Waals surface area contributed by atoms with Gasteiger partial charge in [-0.2, -0.15) is 0 Å². The van der Waals surface area contributed by atoms with Crippen LogP contribution in [0.1, 0.15) is 64.9 Å². The molecule has 0 amide bonds. The maximum atomic E-state index is 5.85. The predicted octanol–water partition coefficient (Wildman–Crippen LogP) is 4.92. The molecule has 1 aromatic rings.